The van der Waals surface area contributed by atoms with Gasteiger partial charge in [0.1, 0.15) is 0 Å². The Morgan fingerprint density at radius 3 is 1.20 bits per heavy atom. The zero-order valence-electron chi connectivity index (χ0n) is 24.7. The molecule has 218 valence electrons. The van der Waals surface area contributed by atoms with Crippen LogP contribution in [0.1, 0.15) is 0 Å². The molecule has 0 atom stereocenters. The third-order valence-electron chi connectivity index (χ3n) is 8.34. The molecule has 46 heavy (non-hydrogen) atoms. The fraction of sp³-hybridized carbons (Fsp3) is 0. The standard InChI is InChI=1S/C39H27BN4O2/c45-40(46)44(30-23-24-35-33-17-8-7-15-31(33)32-16-9-10-18-34(32)36(35)25-30)29-21-19-28(20-22-29)39-42-37(26-11-3-1-4-12-26)41-38(43-39)27-13-5-2-6-14-27/h1-25,45-46H. The van der Waals surface area contributed by atoms with Crippen LogP contribution in [0.4, 0.5) is 11.4 Å². The van der Waals surface area contributed by atoms with Crippen LogP contribution in [-0.4, -0.2) is 32.3 Å². The number of hydrogen-bond acceptors (Lipinski definition) is 6. The summed E-state index contributed by atoms with van der Waals surface area (Å²) in [6.45, 7) is 0. The summed E-state index contributed by atoms with van der Waals surface area (Å²) < 4.78 is 0. The van der Waals surface area contributed by atoms with Crippen LogP contribution in [-0.2, 0) is 0 Å². The molecule has 1 heterocycles. The van der Waals surface area contributed by atoms with Gasteiger partial charge in [-0.15, -0.1) is 0 Å². The molecule has 1 aromatic heterocycles. The molecular formula is C39H27BN4O2. The van der Waals surface area contributed by atoms with Crippen molar-refractivity contribution >= 4 is 50.9 Å². The van der Waals surface area contributed by atoms with Gasteiger partial charge in [-0.1, -0.05) is 115 Å². The number of aromatic nitrogens is 3. The molecule has 8 aromatic rings. The molecule has 0 amide bonds. The van der Waals surface area contributed by atoms with Crippen LogP contribution in [0.5, 0.6) is 0 Å². The van der Waals surface area contributed by atoms with Crippen molar-refractivity contribution in [1.82, 2.24) is 15.0 Å². The highest BCUT2D eigenvalue weighted by Crippen LogP contribution is 2.38. The summed E-state index contributed by atoms with van der Waals surface area (Å²) in [7, 11) is -1.76. The van der Waals surface area contributed by atoms with Gasteiger partial charge in [0.05, 0.1) is 0 Å². The molecule has 7 heteroatoms. The molecule has 0 aliphatic rings. The molecule has 0 spiro atoms. The van der Waals surface area contributed by atoms with Gasteiger partial charge in [0.2, 0.25) is 0 Å². The quantitative estimate of drug-likeness (QED) is 0.149. The first kappa shape index (κ1) is 27.6. The highest BCUT2D eigenvalue weighted by Gasteiger charge is 2.24. The third-order valence-corrected chi connectivity index (χ3v) is 8.34. The van der Waals surface area contributed by atoms with E-state index >= 15 is 0 Å². The molecule has 0 bridgehead atoms. The first-order valence-corrected chi connectivity index (χ1v) is 15.1. The zero-order chi connectivity index (χ0) is 31.0. The smallest absolute Gasteiger partial charge is 0.407 e. The van der Waals surface area contributed by atoms with Gasteiger partial charge < -0.3 is 14.9 Å². The minimum absolute atomic E-state index is 0.527. The van der Waals surface area contributed by atoms with E-state index in [0.717, 1.165) is 43.6 Å². The van der Waals surface area contributed by atoms with Crippen molar-refractivity contribution in [3.63, 3.8) is 0 Å². The first-order chi connectivity index (χ1) is 22.6. The van der Waals surface area contributed by atoms with Crippen molar-refractivity contribution in [2.75, 3.05) is 4.81 Å². The van der Waals surface area contributed by atoms with E-state index in [1.807, 2.05) is 115 Å². The molecule has 0 saturated heterocycles. The fourth-order valence-electron chi connectivity index (χ4n) is 6.17. The molecule has 0 aliphatic carbocycles. The van der Waals surface area contributed by atoms with Gasteiger partial charge in [0, 0.05) is 28.1 Å². The second-order valence-corrected chi connectivity index (χ2v) is 11.1. The van der Waals surface area contributed by atoms with E-state index in [4.69, 9.17) is 15.0 Å². The van der Waals surface area contributed by atoms with Crippen molar-refractivity contribution < 1.29 is 10.0 Å². The van der Waals surface area contributed by atoms with Crippen LogP contribution in [0.3, 0.4) is 0 Å². The van der Waals surface area contributed by atoms with Gasteiger partial charge in [-0.25, -0.2) is 15.0 Å². The van der Waals surface area contributed by atoms with Crippen LogP contribution in [0, 0.1) is 0 Å². The Labute approximate surface area is 266 Å². The van der Waals surface area contributed by atoms with E-state index in [-0.39, 0.29) is 0 Å². The SMILES string of the molecule is OB(O)N(c1ccc(-c2nc(-c3ccccc3)nc(-c3ccccc3)n2)cc1)c1ccc2c3ccccc3c3ccccc3c2c1. The average Bonchev–Trinajstić information content (AvgIpc) is 3.12. The van der Waals surface area contributed by atoms with Crippen LogP contribution in [0.25, 0.3) is 66.5 Å². The van der Waals surface area contributed by atoms with Crippen LogP contribution < -0.4 is 4.81 Å². The maximum Gasteiger partial charge on any atom is 0.592 e. The maximum absolute atomic E-state index is 10.6. The molecule has 2 N–H and O–H groups in total. The summed E-state index contributed by atoms with van der Waals surface area (Å²) in [4.78, 5) is 15.9. The molecule has 0 unspecified atom stereocenters. The Balaban J connectivity index is 1.22. The van der Waals surface area contributed by atoms with E-state index < -0.39 is 7.25 Å². The van der Waals surface area contributed by atoms with Gasteiger partial charge in [0.25, 0.3) is 0 Å². The van der Waals surface area contributed by atoms with Gasteiger partial charge in [-0.05, 0) is 68.7 Å². The molecular weight excluding hydrogens is 567 g/mol. The highest BCUT2D eigenvalue weighted by atomic mass is 16.4. The number of rotatable bonds is 6. The van der Waals surface area contributed by atoms with Crippen LogP contribution in [0.2, 0.25) is 0 Å². The second kappa shape index (κ2) is 11.6. The zero-order valence-corrected chi connectivity index (χ0v) is 24.7. The topological polar surface area (TPSA) is 82.4 Å². The van der Waals surface area contributed by atoms with Crippen molar-refractivity contribution in [2.24, 2.45) is 0 Å². The van der Waals surface area contributed by atoms with Gasteiger partial charge in [-0.2, -0.15) is 0 Å². The summed E-state index contributed by atoms with van der Waals surface area (Å²) in [5, 5.41) is 28.0. The van der Waals surface area contributed by atoms with Crippen molar-refractivity contribution in [1.29, 1.82) is 0 Å². The lowest BCUT2D eigenvalue weighted by atomic mass is 9.93. The number of fused-ring (bicyclic) bond motifs is 6. The number of nitrogens with zero attached hydrogens (tertiary/aromatic N) is 4. The molecule has 0 fully saturated rings. The summed E-state index contributed by atoms with van der Waals surface area (Å²) in [6, 6.07) is 49.9. The van der Waals surface area contributed by atoms with Crippen LogP contribution in [0.15, 0.2) is 152 Å². The lowest BCUT2D eigenvalue weighted by Gasteiger charge is -2.25. The van der Waals surface area contributed by atoms with E-state index in [0.29, 0.717) is 28.8 Å². The predicted octanol–water partition coefficient (Wildman–Crippen LogP) is 8.44. The monoisotopic (exact) mass is 594 g/mol. The molecule has 0 aliphatic heterocycles. The maximum atomic E-state index is 10.6. The number of hydrogen-bond donors (Lipinski definition) is 2. The van der Waals surface area contributed by atoms with Gasteiger partial charge in [-0.3, -0.25) is 0 Å². The fourth-order valence-corrected chi connectivity index (χ4v) is 6.17. The lowest BCUT2D eigenvalue weighted by molar-refractivity contribution is 0.407. The van der Waals surface area contributed by atoms with E-state index in [1.54, 1.807) is 0 Å². The van der Waals surface area contributed by atoms with Crippen molar-refractivity contribution in [3.8, 4) is 34.2 Å². The van der Waals surface area contributed by atoms with E-state index in [2.05, 4.69) is 36.4 Å². The molecule has 6 nitrogen and oxygen atoms in total. The van der Waals surface area contributed by atoms with E-state index in [1.165, 1.54) is 10.2 Å². The normalized spacial score (nSPS) is 11.3. The Morgan fingerprint density at radius 2 is 0.739 bits per heavy atom. The summed E-state index contributed by atoms with van der Waals surface area (Å²) in [6.07, 6.45) is 0. The minimum atomic E-state index is -1.76. The predicted molar refractivity (Wildman–Crippen MR) is 187 cm³/mol. The number of anilines is 2. The summed E-state index contributed by atoms with van der Waals surface area (Å²) >= 11 is 0. The molecule has 0 saturated carbocycles. The number of benzene rings is 7. The Bertz CT molecular complexity index is 2260. The summed E-state index contributed by atoms with van der Waals surface area (Å²) in [5.41, 5.74) is 3.85. The van der Waals surface area contributed by atoms with Crippen molar-refractivity contribution in [3.05, 3.63) is 152 Å². The highest BCUT2D eigenvalue weighted by molar-refractivity contribution is 6.49. The second-order valence-electron chi connectivity index (χ2n) is 11.1. The lowest BCUT2D eigenvalue weighted by Crippen LogP contribution is -2.35. The average molecular weight is 594 g/mol. The summed E-state index contributed by atoms with van der Waals surface area (Å²) in [5.74, 6) is 1.69. The Hall–Kier alpha value is -5.89. The van der Waals surface area contributed by atoms with E-state index in [9.17, 15) is 10.0 Å². The van der Waals surface area contributed by atoms with Crippen LogP contribution >= 0.6 is 0 Å². The molecule has 7 aromatic carbocycles. The Kier molecular flexibility index (Phi) is 6.95. The van der Waals surface area contributed by atoms with Gasteiger partial charge >= 0.3 is 7.25 Å². The third kappa shape index (κ3) is 4.94. The first-order valence-electron chi connectivity index (χ1n) is 15.1. The van der Waals surface area contributed by atoms with Gasteiger partial charge in [0.15, 0.2) is 17.5 Å². The Morgan fingerprint density at radius 1 is 0.370 bits per heavy atom. The molecule has 0 radical (unpaired) electrons. The largest absolute Gasteiger partial charge is 0.592 e. The minimum Gasteiger partial charge on any atom is -0.407 e. The molecule has 8 rings (SSSR count). The van der Waals surface area contributed by atoms with Crippen molar-refractivity contribution in [2.45, 2.75) is 0 Å².